The molecule has 4 nitrogen and oxygen atoms in total. The van der Waals surface area contributed by atoms with Crippen molar-refractivity contribution in [3.8, 4) is 0 Å². The van der Waals surface area contributed by atoms with E-state index in [9.17, 15) is 4.79 Å². The normalized spacial score (nSPS) is 10.6. The van der Waals surface area contributed by atoms with Gasteiger partial charge in [0.2, 0.25) is 0 Å². The number of nitrogens with two attached hydrogens (primary N) is 1. The van der Waals surface area contributed by atoms with Gasteiger partial charge >= 0.3 is 6.15 Å². The molecule has 43 heavy (non-hydrogen) atoms. The fraction of sp³-hybridized carbons (Fsp3) is 0.641. The number of benzene rings is 2. The summed E-state index contributed by atoms with van der Waals surface area (Å²) in [7, 11) is 1.50. The molecule has 2 aromatic carbocycles. The molecule has 2 N–H and O–H groups in total. The van der Waals surface area contributed by atoms with Crippen molar-refractivity contribution in [2.24, 2.45) is 17.6 Å². The molecule has 0 saturated carbocycles. The van der Waals surface area contributed by atoms with Gasteiger partial charge in [0, 0.05) is 12.8 Å². The van der Waals surface area contributed by atoms with Crippen LogP contribution in [0.1, 0.15) is 160 Å². The van der Waals surface area contributed by atoms with Gasteiger partial charge in [-0.3, -0.25) is 4.79 Å². The van der Waals surface area contributed by atoms with Gasteiger partial charge in [-0.05, 0) is 48.3 Å². The van der Waals surface area contributed by atoms with Crippen LogP contribution in [0.2, 0.25) is 0 Å². The van der Waals surface area contributed by atoms with E-state index < -0.39 is 0 Å². The van der Waals surface area contributed by atoms with Gasteiger partial charge < -0.3 is 5.73 Å². The highest BCUT2D eigenvalue weighted by Gasteiger charge is 2.15. The van der Waals surface area contributed by atoms with Gasteiger partial charge in [-0.15, -0.1) is 0 Å². The molecule has 0 spiro atoms. The molecular weight excluding hydrogens is 530 g/mol. The molecule has 0 amide bonds. The summed E-state index contributed by atoms with van der Waals surface area (Å²) >= 11 is 0. The summed E-state index contributed by atoms with van der Waals surface area (Å²) in [6.45, 7) is 29.3. The summed E-state index contributed by atoms with van der Waals surface area (Å²) in [4.78, 5) is 27.5. The molecule has 2 aromatic rings. The second kappa shape index (κ2) is 52.1. The smallest absolute Gasteiger partial charge is 0.333 e. The van der Waals surface area contributed by atoms with Crippen molar-refractivity contribution in [3.63, 3.8) is 0 Å². The Balaban J connectivity index is -0.0000000672. The first-order valence-electron chi connectivity index (χ1n) is 16.0. The van der Waals surface area contributed by atoms with E-state index in [-0.39, 0.29) is 21.0 Å². The van der Waals surface area contributed by atoms with Crippen molar-refractivity contribution >= 4 is 11.9 Å². The number of carbonyl (C=O) groups is 1. The maximum Gasteiger partial charge on any atom is 0.373 e. The van der Waals surface area contributed by atoms with Crippen molar-refractivity contribution in [2.75, 3.05) is 7.05 Å². The summed E-state index contributed by atoms with van der Waals surface area (Å²) in [6.07, 6.45) is 3.92. The third-order valence-corrected chi connectivity index (χ3v) is 6.27. The van der Waals surface area contributed by atoms with Crippen LogP contribution in [-0.2, 0) is 14.4 Å². The third-order valence-electron chi connectivity index (χ3n) is 6.27. The maximum absolute atomic E-state index is 11.3. The van der Waals surface area contributed by atoms with Crippen molar-refractivity contribution in [2.45, 2.75) is 149 Å². The summed E-state index contributed by atoms with van der Waals surface area (Å²) < 4.78 is 0. The molecular formula is C39H77NO3. The lowest BCUT2D eigenvalue weighted by Crippen LogP contribution is -2.08. The van der Waals surface area contributed by atoms with Crippen LogP contribution >= 0.6 is 0 Å². The van der Waals surface area contributed by atoms with Gasteiger partial charge in [0.25, 0.3) is 0 Å². The molecule has 256 valence electrons. The minimum absolute atomic E-state index is 0. The van der Waals surface area contributed by atoms with E-state index in [1.807, 2.05) is 68.4 Å². The Bertz CT molecular complexity index is 742. The van der Waals surface area contributed by atoms with Crippen LogP contribution in [0.3, 0.4) is 0 Å². The second-order valence-corrected chi connectivity index (χ2v) is 8.28. The standard InChI is InChI=1S/C15H22O.C12H18.4C2H6.CH5N.CO2.2CH4/c1-4-15(16)11-10-12(2)13(3)14-8-6-5-7-9-14;1-4-10(2)11(3)12-8-6-5-7-9-12;5*1-2;2-1-3;;/h5-9,12-13H,4,10-11H2,1-3H3;5-11H,4H2,1-3H3;4*1-2H3;2H2,1H3;;2*1H4. The Morgan fingerprint density at radius 2 is 0.907 bits per heavy atom. The maximum atomic E-state index is 11.3. The summed E-state index contributed by atoms with van der Waals surface area (Å²) in [5, 5.41) is 0. The van der Waals surface area contributed by atoms with Gasteiger partial charge in [-0.1, -0.05) is 179 Å². The first kappa shape index (κ1) is 59.8. The lowest BCUT2D eigenvalue weighted by molar-refractivity contribution is -0.191. The summed E-state index contributed by atoms with van der Waals surface area (Å²) in [6, 6.07) is 21.3. The fourth-order valence-corrected chi connectivity index (χ4v) is 3.34. The van der Waals surface area contributed by atoms with Crippen molar-refractivity contribution < 1.29 is 14.4 Å². The van der Waals surface area contributed by atoms with Crippen molar-refractivity contribution in [3.05, 3.63) is 71.8 Å². The van der Waals surface area contributed by atoms with Gasteiger partial charge in [-0.2, -0.15) is 9.59 Å². The van der Waals surface area contributed by atoms with Crippen LogP contribution < -0.4 is 5.73 Å². The minimum Gasteiger partial charge on any atom is -0.333 e. The molecule has 0 aromatic heterocycles. The van der Waals surface area contributed by atoms with Crippen molar-refractivity contribution in [1.82, 2.24) is 0 Å². The average Bonchev–Trinajstić information content (AvgIpc) is 3.08. The Morgan fingerprint density at radius 3 is 1.16 bits per heavy atom. The van der Waals surface area contributed by atoms with Gasteiger partial charge in [-0.25, -0.2) is 0 Å². The van der Waals surface area contributed by atoms with Crippen LogP contribution in [0.25, 0.3) is 0 Å². The first-order chi connectivity index (χ1) is 19.8. The van der Waals surface area contributed by atoms with Crippen LogP contribution in [0, 0.1) is 11.8 Å². The van der Waals surface area contributed by atoms with Crippen LogP contribution in [0.15, 0.2) is 60.7 Å². The number of Topliss-reactive ketones (excluding diaryl/α,β-unsaturated/α-hetero) is 1. The molecule has 0 aliphatic heterocycles. The molecule has 0 heterocycles. The average molecular weight is 608 g/mol. The van der Waals surface area contributed by atoms with E-state index in [0.717, 1.165) is 18.8 Å². The molecule has 0 aliphatic rings. The zero-order valence-electron chi connectivity index (χ0n) is 29.7. The summed E-state index contributed by atoms with van der Waals surface area (Å²) in [5.74, 6) is 2.96. The number of ketones is 1. The van der Waals surface area contributed by atoms with E-state index in [1.54, 1.807) is 0 Å². The molecule has 0 saturated heterocycles. The Labute approximate surface area is 271 Å². The first-order valence-corrected chi connectivity index (χ1v) is 16.0. The molecule has 0 radical (unpaired) electrons. The van der Waals surface area contributed by atoms with Crippen LogP contribution in [0.5, 0.6) is 0 Å². The third kappa shape index (κ3) is 37.4. The van der Waals surface area contributed by atoms with E-state index in [1.165, 1.54) is 24.6 Å². The highest BCUT2D eigenvalue weighted by Crippen LogP contribution is 2.27. The molecule has 0 aliphatic carbocycles. The van der Waals surface area contributed by atoms with E-state index in [4.69, 9.17) is 9.59 Å². The predicted octanol–water partition coefficient (Wildman–Crippen LogP) is 12.4. The van der Waals surface area contributed by atoms with Crippen molar-refractivity contribution in [1.29, 1.82) is 0 Å². The molecule has 0 fully saturated rings. The zero-order chi connectivity index (χ0) is 33.6. The highest BCUT2D eigenvalue weighted by molar-refractivity contribution is 5.77. The summed E-state index contributed by atoms with van der Waals surface area (Å²) in [5.41, 5.74) is 7.34. The van der Waals surface area contributed by atoms with Gasteiger partial charge in [0.05, 0.1) is 0 Å². The van der Waals surface area contributed by atoms with E-state index in [2.05, 4.69) is 94.9 Å². The number of rotatable bonds is 9. The zero-order valence-corrected chi connectivity index (χ0v) is 29.7. The number of carbonyl (C=O) groups excluding carboxylic acids is 3. The quantitative estimate of drug-likeness (QED) is 0.307. The SMILES string of the molecule is C.C.CC.CC.CC.CC.CCC(=O)CCC(C)C(C)c1ccccc1.CCC(C)C(C)c1ccccc1.CN.O=C=O. The molecule has 0 bridgehead atoms. The Kier molecular flexibility index (Phi) is 72.5. The van der Waals surface area contributed by atoms with Gasteiger partial charge in [0.15, 0.2) is 0 Å². The fourth-order valence-electron chi connectivity index (χ4n) is 3.34. The minimum atomic E-state index is 0. The Morgan fingerprint density at radius 1 is 0.628 bits per heavy atom. The number of hydrogen-bond donors (Lipinski definition) is 1. The largest absolute Gasteiger partial charge is 0.373 e. The Hall–Kier alpha value is -2.55. The lowest BCUT2D eigenvalue weighted by atomic mass is 9.85. The molecule has 4 heteroatoms. The second-order valence-electron chi connectivity index (χ2n) is 8.28. The molecule has 4 unspecified atom stereocenters. The predicted molar refractivity (Wildman–Crippen MR) is 197 cm³/mol. The monoisotopic (exact) mass is 608 g/mol. The van der Waals surface area contributed by atoms with Crippen LogP contribution in [0.4, 0.5) is 0 Å². The van der Waals surface area contributed by atoms with Gasteiger partial charge in [0.1, 0.15) is 5.78 Å². The topological polar surface area (TPSA) is 77.2 Å². The highest BCUT2D eigenvalue weighted by atomic mass is 16.2. The number of hydrogen-bond acceptors (Lipinski definition) is 4. The molecule has 2 rings (SSSR count). The molecule has 4 atom stereocenters. The van der Waals surface area contributed by atoms with E-state index >= 15 is 0 Å². The van der Waals surface area contributed by atoms with E-state index in [0.29, 0.717) is 30.0 Å². The van der Waals surface area contributed by atoms with Crippen LogP contribution in [-0.4, -0.2) is 19.0 Å². The lowest BCUT2D eigenvalue weighted by Gasteiger charge is -2.19.